The number of hydrogen-bond acceptors (Lipinski definition) is 2. The number of piperidine rings is 1. The lowest BCUT2D eigenvalue weighted by Crippen LogP contribution is -2.37. The maximum Gasteiger partial charge on any atom is 0.105 e. The Hall–Kier alpha value is -0.150. The molecule has 1 aliphatic heterocycles. The van der Waals surface area contributed by atoms with Gasteiger partial charge in [-0.3, -0.25) is 0 Å². The lowest BCUT2D eigenvalue weighted by molar-refractivity contribution is 0.122. The van der Waals surface area contributed by atoms with E-state index in [1.54, 1.807) is 0 Å². The van der Waals surface area contributed by atoms with Crippen molar-refractivity contribution >= 4 is 0 Å². The normalized spacial score (nSPS) is 28.8. The van der Waals surface area contributed by atoms with Gasteiger partial charge in [-0.2, -0.15) is 0 Å². The second-order valence-corrected chi connectivity index (χ2v) is 3.76. The number of nitrogens with two attached hydrogens (primary N) is 1. The Morgan fingerprint density at radius 3 is 3.00 bits per heavy atom. The molecule has 0 aliphatic carbocycles. The molecule has 2 unspecified atom stereocenters. The Bertz CT molecular complexity index is 130. The van der Waals surface area contributed by atoms with Crippen molar-refractivity contribution in [2.45, 2.75) is 25.4 Å². The molecule has 2 atom stereocenters. The third kappa shape index (κ3) is 2.72. The lowest BCUT2D eigenvalue weighted by atomic mass is 9.92. The van der Waals surface area contributed by atoms with Crippen molar-refractivity contribution in [2.75, 3.05) is 26.7 Å². The molecule has 2 N–H and O–H groups in total. The molecule has 1 saturated heterocycles. The number of hydrogen-bond donors (Lipinski definition) is 1. The number of alkyl halides is 1. The summed E-state index contributed by atoms with van der Waals surface area (Å²) in [5, 5.41) is 0. The fourth-order valence-electron chi connectivity index (χ4n) is 1.90. The molecule has 3 heteroatoms. The standard InChI is InChI=1S/C9H19FN2/c1-12-6-2-3-8(7-12)9(10)4-5-11/h8-9H,2-7,11H2,1H3. The van der Waals surface area contributed by atoms with Gasteiger partial charge in [-0.15, -0.1) is 0 Å². The molecule has 2 nitrogen and oxygen atoms in total. The Balaban J connectivity index is 2.29. The van der Waals surface area contributed by atoms with Crippen LogP contribution in [0.5, 0.6) is 0 Å². The third-order valence-corrected chi connectivity index (χ3v) is 2.61. The van der Waals surface area contributed by atoms with Crippen LogP contribution < -0.4 is 5.73 Å². The predicted molar refractivity (Wildman–Crippen MR) is 48.8 cm³/mol. The molecule has 12 heavy (non-hydrogen) atoms. The fourth-order valence-corrected chi connectivity index (χ4v) is 1.90. The van der Waals surface area contributed by atoms with Gasteiger partial charge in [0.15, 0.2) is 0 Å². The highest BCUT2D eigenvalue weighted by Gasteiger charge is 2.24. The van der Waals surface area contributed by atoms with Crippen LogP contribution >= 0.6 is 0 Å². The summed E-state index contributed by atoms with van der Waals surface area (Å²) in [7, 11) is 2.06. The van der Waals surface area contributed by atoms with Crippen LogP contribution in [0.15, 0.2) is 0 Å². The molecule has 0 aromatic carbocycles. The van der Waals surface area contributed by atoms with Crippen molar-refractivity contribution in [1.29, 1.82) is 0 Å². The largest absolute Gasteiger partial charge is 0.330 e. The van der Waals surface area contributed by atoms with Gasteiger partial charge in [0.2, 0.25) is 0 Å². The van der Waals surface area contributed by atoms with E-state index in [0.29, 0.717) is 13.0 Å². The molecule has 0 spiro atoms. The molecule has 0 radical (unpaired) electrons. The summed E-state index contributed by atoms with van der Waals surface area (Å²) >= 11 is 0. The van der Waals surface area contributed by atoms with E-state index >= 15 is 0 Å². The number of rotatable bonds is 3. The first-order chi connectivity index (χ1) is 5.74. The molecule has 1 rings (SSSR count). The highest BCUT2D eigenvalue weighted by Crippen LogP contribution is 2.22. The van der Waals surface area contributed by atoms with Gasteiger partial charge in [0.1, 0.15) is 6.17 Å². The molecule has 1 fully saturated rings. The Morgan fingerprint density at radius 2 is 2.42 bits per heavy atom. The average Bonchev–Trinajstić information content (AvgIpc) is 2.05. The Labute approximate surface area is 73.9 Å². The molecule has 1 aliphatic rings. The van der Waals surface area contributed by atoms with E-state index < -0.39 is 6.17 Å². The average molecular weight is 174 g/mol. The molecule has 0 bridgehead atoms. The quantitative estimate of drug-likeness (QED) is 0.692. The molecule has 0 amide bonds. The van der Waals surface area contributed by atoms with Crippen molar-refractivity contribution < 1.29 is 4.39 Å². The second kappa shape index (κ2) is 4.77. The van der Waals surface area contributed by atoms with E-state index in [4.69, 9.17) is 5.73 Å². The minimum Gasteiger partial charge on any atom is -0.330 e. The van der Waals surface area contributed by atoms with Crippen molar-refractivity contribution in [1.82, 2.24) is 4.90 Å². The first-order valence-electron chi connectivity index (χ1n) is 4.76. The van der Waals surface area contributed by atoms with Crippen molar-refractivity contribution in [2.24, 2.45) is 11.7 Å². The van der Waals surface area contributed by atoms with Crippen molar-refractivity contribution in [3.8, 4) is 0 Å². The highest BCUT2D eigenvalue weighted by molar-refractivity contribution is 4.77. The van der Waals surface area contributed by atoms with Gasteiger partial charge >= 0.3 is 0 Å². The molecular formula is C9H19FN2. The zero-order valence-electron chi connectivity index (χ0n) is 7.80. The van der Waals surface area contributed by atoms with E-state index in [2.05, 4.69) is 11.9 Å². The number of likely N-dealkylation sites (tertiary alicyclic amines) is 1. The topological polar surface area (TPSA) is 29.3 Å². The Kier molecular flexibility index (Phi) is 3.95. The maximum atomic E-state index is 13.4. The van der Waals surface area contributed by atoms with Crippen LogP contribution in [-0.4, -0.2) is 37.8 Å². The summed E-state index contributed by atoms with van der Waals surface area (Å²) < 4.78 is 13.4. The van der Waals surface area contributed by atoms with Gasteiger partial charge in [-0.25, -0.2) is 4.39 Å². The number of halogens is 1. The van der Waals surface area contributed by atoms with Crippen LogP contribution in [0, 0.1) is 5.92 Å². The first-order valence-corrected chi connectivity index (χ1v) is 4.76. The zero-order valence-corrected chi connectivity index (χ0v) is 7.80. The van der Waals surface area contributed by atoms with E-state index in [1.165, 1.54) is 0 Å². The van der Waals surface area contributed by atoms with Gasteiger partial charge in [-0.1, -0.05) is 0 Å². The van der Waals surface area contributed by atoms with Crippen molar-refractivity contribution in [3.63, 3.8) is 0 Å². The summed E-state index contributed by atoms with van der Waals surface area (Å²) in [6.45, 7) is 2.49. The molecule has 0 aromatic rings. The van der Waals surface area contributed by atoms with Gasteiger partial charge < -0.3 is 10.6 Å². The lowest BCUT2D eigenvalue weighted by Gasteiger charge is -2.31. The van der Waals surface area contributed by atoms with E-state index in [0.717, 1.165) is 25.9 Å². The number of nitrogens with zero attached hydrogens (tertiary/aromatic N) is 1. The van der Waals surface area contributed by atoms with Crippen LogP contribution in [0.3, 0.4) is 0 Å². The molecular weight excluding hydrogens is 155 g/mol. The second-order valence-electron chi connectivity index (χ2n) is 3.76. The van der Waals surface area contributed by atoms with Crippen LogP contribution in [0.2, 0.25) is 0 Å². The minimum atomic E-state index is -0.683. The van der Waals surface area contributed by atoms with E-state index in [1.807, 2.05) is 0 Å². The smallest absolute Gasteiger partial charge is 0.105 e. The van der Waals surface area contributed by atoms with E-state index in [-0.39, 0.29) is 5.92 Å². The summed E-state index contributed by atoms with van der Waals surface area (Å²) in [5.74, 6) is 0.229. The maximum absolute atomic E-state index is 13.4. The summed E-state index contributed by atoms with van der Waals surface area (Å²) in [6, 6.07) is 0. The monoisotopic (exact) mass is 174 g/mol. The highest BCUT2D eigenvalue weighted by atomic mass is 19.1. The predicted octanol–water partition coefficient (Wildman–Crippen LogP) is 1.02. The van der Waals surface area contributed by atoms with E-state index in [9.17, 15) is 4.39 Å². The van der Waals surface area contributed by atoms with Gasteiger partial charge in [0.25, 0.3) is 0 Å². The Morgan fingerprint density at radius 1 is 1.67 bits per heavy atom. The molecule has 72 valence electrons. The van der Waals surface area contributed by atoms with Crippen LogP contribution in [0.25, 0.3) is 0 Å². The molecule has 0 saturated carbocycles. The molecule has 1 heterocycles. The first kappa shape index (κ1) is 9.93. The zero-order chi connectivity index (χ0) is 8.97. The summed E-state index contributed by atoms with van der Waals surface area (Å²) in [4.78, 5) is 2.21. The third-order valence-electron chi connectivity index (χ3n) is 2.61. The van der Waals surface area contributed by atoms with Crippen LogP contribution in [0.1, 0.15) is 19.3 Å². The van der Waals surface area contributed by atoms with Crippen LogP contribution in [-0.2, 0) is 0 Å². The van der Waals surface area contributed by atoms with Gasteiger partial charge in [0, 0.05) is 12.5 Å². The van der Waals surface area contributed by atoms with Gasteiger partial charge in [0.05, 0.1) is 0 Å². The SMILES string of the molecule is CN1CCCC(C(F)CCN)C1. The minimum absolute atomic E-state index is 0.229. The molecule has 0 aromatic heterocycles. The summed E-state index contributed by atoms with van der Waals surface area (Å²) in [6.07, 6.45) is 2.01. The van der Waals surface area contributed by atoms with Crippen LogP contribution in [0.4, 0.5) is 4.39 Å². The van der Waals surface area contributed by atoms with Gasteiger partial charge in [-0.05, 0) is 39.4 Å². The van der Waals surface area contributed by atoms with Crippen molar-refractivity contribution in [3.05, 3.63) is 0 Å². The fraction of sp³-hybridized carbons (Fsp3) is 1.00. The summed E-state index contributed by atoms with van der Waals surface area (Å²) in [5.41, 5.74) is 5.32.